The molecule has 1 aromatic rings. The summed E-state index contributed by atoms with van der Waals surface area (Å²) >= 11 is 0. The zero-order chi connectivity index (χ0) is 15.3. The molecule has 2 rings (SSSR count). The van der Waals surface area contributed by atoms with Crippen molar-refractivity contribution in [1.82, 2.24) is 10.6 Å². The number of amides is 2. The molecule has 6 heteroatoms. The Morgan fingerprint density at radius 3 is 2.52 bits per heavy atom. The lowest BCUT2D eigenvalue weighted by atomic mass is 9.66. The van der Waals surface area contributed by atoms with Crippen molar-refractivity contribution in [3.63, 3.8) is 0 Å². The number of carboxylic acid groups (broad SMARTS) is 1. The lowest BCUT2D eigenvalue weighted by Crippen LogP contribution is -2.46. The highest BCUT2D eigenvalue weighted by atomic mass is 19.1. The number of carboxylic acids is 1. The van der Waals surface area contributed by atoms with E-state index in [1.54, 1.807) is 18.2 Å². The molecule has 1 aliphatic rings. The monoisotopic (exact) mass is 294 g/mol. The lowest BCUT2D eigenvalue weighted by molar-refractivity contribution is -0.141. The van der Waals surface area contributed by atoms with E-state index in [9.17, 15) is 14.0 Å². The molecule has 1 aromatic carbocycles. The zero-order valence-electron chi connectivity index (χ0n) is 11.7. The van der Waals surface area contributed by atoms with E-state index in [4.69, 9.17) is 5.11 Å². The molecule has 0 unspecified atom stereocenters. The van der Waals surface area contributed by atoms with Crippen LogP contribution in [-0.4, -0.2) is 23.7 Å². The molecule has 1 aliphatic carbocycles. The van der Waals surface area contributed by atoms with Crippen LogP contribution >= 0.6 is 0 Å². The van der Waals surface area contributed by atoms with Gasteiger partial charge in [-0.1, -0.05) is 24.6 Å². The van der Waals surface area contributed by atoms with Gasteiger partial charge in [-0.05, 0) is 24.3 Å². The Balaban J connectivity index is 1.77. The molecule has 0 radical (unpaired) electrons. The van der Waals surface area contributed by atoms with E-state index in [0.717, 1.165) is 19.3 Å². The van der Waals surface area contributed by atoms with E-state index in [1.807, 2.05) is 0 Å². The van der Waals surface area contributed by atoms with Crippen molar-refractivity contribution >= 4 is 12.0 Å². The van der Waals surface area contributed by atoms with Crippen molar-refractivity contribution < 1.29 is 19.1 Å². The Morgan fingerprint density at radius 1 is 1.24 bits per heavy atom. The fraction of sp³-hybridized carbons (Fsp3) is 0.467. The highest BCUT2D eigenvalue weighted by Gasteiger charge is 2.39. The number of rotatable bonds is 6. The third kappa shape index (κ3) is 4.18. The molecule has 0 spiro atoms. The Kier molecular flexibility index (Phi) is 4.77. The number of benzene rings is 1. The van der Waals surface area contributed by atoms with E-state index >= 15 is 0 Å². The van der Waals surface area contributed by atoms with Gasteiger partial charge in [0.1, 0.15) is 5.82 Å². The van der Waals surface area contributed by atoms with Crippen LogP contribution in [0, 0.1) is 11.2 Å². The van der Waals surface area contributed by atoms with Gasteiger partial charge in [0.2, 0.25) is 0 Å². The van der Waals surface area contributed by atoms with Gasteiger partial charge in [-0.2, -0.15) is 0 Å². The summed E-state index contributed by atoms with van der Waals surface area (Å²) in [7, 11) is 0. The van der Waals surface area contributed by atoms with Gasteiger partial charge in [0.05, 0.1) is 6.42 Å². The van der Waals surface area contributed by atoms with Gasteiger partial charge in [-0.3, -0.25) is 4.79 Å². The normalized spacial score (nSPS) is 15.9. The smallest absolute Gasteiger partial charge is 0.315 e. The quantitative estimate of drug-likeness (QED) is 0.753. The highest BCUT2D eigenvalue weighted by molar-refractivity contribution is 5.74. The number of carbonyl (C=O) groups is 2. The molecule has 114 valence electrons. The van der Waals surface area contributed by atoms with Gasteiger partial charge in [0.25, 0.3) is 0 Å². The number of carbonyl (C=O) groups excluding carboxylic acids is 1. The number of urea groups is 1. The number of aliphatic carboxylic acids is 1. The topological polar surface area (TPSA) is 78.4 Å². The van der Waals surface area contributed by atoms with Crippen molar-refractivity contribution in [1.29, 1.82) is 0 Å². The van der Waals surface area contributed by atoms with E-state index < -0.39 is 12.0 Å². The second-order valence-corrected chi connectivity index (χ2v) is 5.55. The third-order valence-electron chi connectivity index (χ3n) is 3.96. The Hall–Kier alpha value is -2.11. The molecule has 1 saturated carbocycles. The minimum Gasteiger partial charge on any atom is -0.481 e. The van der Waals surface area contributed by atoms with Crippen molar-refractivity contribution in [2.45, 2.75) is 32.2 Å². The molecule has 5 nitrogen and oxygen atoms in total. The van der Waals surface area contributed by atoms with Crippen LogP contribution in [0.2, 0.25) is 0 Å². The molecular weight excluding hydrogens is 275 g/mol. The van der Waals surface area contributed by atoms with Gasteiger partial charge >= 0.3 is 12.0 Å². The van der Waals surface area contributed by atoms with Crippen molar-refractivity contribution in [3.05, 3.63) is 35.6 Å². The van der Waals surface area contributed by atoms with Gasteiger partial charge in [-0.25, -0.2) is 9.18 Å². The fourth-order valence-electron chi connectivity index (χ4n) is 2.56. The summed E-state index contributed by atoms with van der Waals surface area (Å²) in [6.45, 7) is 0.437. The molecule has 0 saturated heterocycles. The highest BCUT2D eigenvalue weighted by Crippen LogP contribution is 2.43. The average Bonchev–Trinajstić information content (AvgIpc) is 2.40. The maximum atomic E-state index is 13.4. The second-order valence-electron chi connectivity index (χ2n) is 5.55. The first-order chi connectivity index (χ1) is 10.0. The van der Waals surface area contributed by atoms with Crippen molar-refractivity contribution in [3.8, 4) is 0 Å². The van der Waals surface area contributed by atoms with Crippen molar-refractivity contribution in [2.75, 3.05) is 6.54 Å². The summed E-state index contributed by atoms with van der Waals surface area (Å²) in [5.74, 6) is -1.21. The molecular formula is C15H19FN2O3. The summed E-state index contributed by atoms with van der Waals surface area (Å²) in [5, 5.41) is 14.2. The molecule has 2 amide bonds. The minimum atomic E-state index is -0.844. The molecule has 0 heterocycles. The molecule has 0 bridgehead atoms. The Morgan fingerprint density at radius 2 is 1.95 bits per heavy atom. The fourth-order valence-corrected chi connectivity index (χ4v) is 2.56. The zero-order valence-corrected chi connectivity index (χ0v) is 11.7. The van der Waals surface area contributed by atoms with Gasteiger partial charge in [0.15, 0.2) is 0 Å². The van der Waals surface area contributed by atoms with E-state index in [2.05, 4.69) is 10.6 Å². The summed E-state index contributed by atoms with van der Waals surface area (Å²) in [6, 6.07) is 5.83. The van der Waals surface area contributed by atoms with Crippen LogP contribution in [0.5, 0.6) is 0 Å². The van der Waals surface area contributed by atoms with Gasteiger partial charge in [0, 0.05) is 18.7 Å². The standard InChI is InChI=1S/C15H19FN2O3/c16-12-5-2-1-4-11(12)9-17-14(21)18-10-15(6-3-7-15)8-13(19)20/h1-2,4-5H,3,6-10H2,(H,19,20)(H2,17,18,21). The summed E-state index contributed by atoms with van der Waals surface area (Å²) in [4.78, 5) is 22.5. The Bertz CT molecular complexity index is 529. The van der Waals surface area contributed by atoms with Crippen LogP contribution in [0.4, 0.5) is 9.18 Å². The Labute approximate surface area is 122 Å². The van der Waals surface area contributed by atoms with E-state index in [0.29, 0.717) is 12.1 Å². The van der Waals surface area contributed by atoms with Crippen LogP contribution < -0.4 is 10.6 Å². The summed E-state index contributed by atoms with van der Waals surface area (Å²) in [5.41, 5.74) is 0.0952. The third-order valence-corrected chi connectivity index (χ3v) is 3.96. The average molecular weight is 294 g/mol. The number of hydrogen-bond donors (Lipinski definition) is 3. The number of halogens is 1. The molecule has 3 N–H and O–H groups in total. The predicted octanol–water partition coefficient (Wildman–Crippen LogP) is 2.27. The van der Waals surface area contributed by atoms with Gasteiger partial charge < -0.3 is 15.7 Å². The molecule has 0 aromatic heterocycles. The molecule has 0 atom stereocenters. The minimum absolute atomic E-state index is 0.0700. The predicted molar refractivity (Wildman–Crippen MR) is 75.2 cm³/mol. The van der Waals surface area contributed by atoms with Crippen LogP contribution in [-0.2, 0) is 11.3 Å². The number of hydrogen-bond acceptors (Lipinski definition) is 2. The van der Waals surface area contributed by atoms with E-state index in [-0.39, 0.29) is 24.2 Å². The van der Waals surface area contributed by atoms with Crippen LogP contribution in [0.3, 0.4) is 0 Å². The SMILES string of the molecule is O=C(O)CC1(CNC(=O)NCc2ccccc2F)CCC1. The van der Waals surface area contributed by atoms with Crippen molar-refractivity contribution in [2.24, 2.45) is 5.41 Å². The summed E-state index contributed by atoms with van der Waals surface area (Å²) < 4.78 is 13.4. The first-order valence-corrected chi connectivity index (χ1v) is 6.98. The van der Waals surface area contributed by atoms with Crippen LogP contribution in [0.1, 0.15) is 31.2 Å². The van der Waals surface area contributed by atoms with Crippen LogP contribution in [0.25, 0.3) is 0 Å². The lowest BCUT2D eigenvalue weighted by Gasteiger charge is -2.40. The maximum absolute atomic E-state index is 13.4. The van der Waals surface area contributed by atoms with E-state index in [1.165, 1.54) is 6.07 Å². The molecule has 1 fully saturated rings. The molecule has 21 heavy (non-hydrogen) atoms. The molecule has 0 aliphatic heterocycles. The van der Waals surface area contributed by atoms with Gasteiger partial charge in [-0.15, -0.1) is 0 Å². The second kappa shape index (κ2) is 6.56. The van der Waals surface area contributed by atoms with Crippen LogP contribution in [0.15, 0.2) is 24.3 Å². The first-order valence-electron chi connectivity index (χ1n) is 6.98. The largest absolute Gasteiger partial charge is 0.481 e. The first kappa shape index (κ1) is 15.3. The maximum Gasteiger partial charge on any atom is 0.315 e. The summed E-state index contributed by atoms with van der Waals surface area (Å²) in [6.07, 6.45) is 2.69. The number of nitrogens with one attached hydrogen (secondary N) is 2.